The molecule has 1 rings (SSSR count). The maximum atomic E-state index is 9.13. The molecule has 3 heteroatoms. The molecule has 0 bridgehead atoms. The number of rotatable bonds is 5. The number of aliphatic hydroxyl groups is 1. The number of nitrogens with one attached hydrogen (secondary N) is 1. The Kier molecular flexibility index (Phi) is 4.70. The molecule has 0 radical (unpaired) electrons. The van der Waals surface area contributed by atoms with Gasteiger partial charge in [0.1, 0.15) is 0 Å². The van der Waals surface area contributed by atoms with Gasteiger partial charge < -0.3 is 15.2 Å². The maximum absolute atomic E-state index is 9.13. The average molecular weight is 187 g/mol. The van der Waals surface area contributed by atoms with Crippen LogP contribution in [-0.4, -0.2) is 37.0 Å². The van der Waals surface area contributed by atoms with Gasteiger partial charge in [-0.3, -0.25) is 0 Å². The van der Waals surface area contributed by atoms with E-state index in [1.165, 1.54) is 0 Å². The van der Waals surface area contributed by atoms with E-state index in [9.17, 15) is 0 Å². The molecule has 0 aromatic carbocycles. The lowest BCUT2D eigenvalue weighted by molar-refractivity contribution is 0.170. The quantitative estimate of drug-likeness (QED) is 0.668. The second-order valence-electron chi connectivity index (χ2n) is 4.17. The SMILES string of the molecule is CC(C)NC(CO)CC1CCOC1. The summed E-state index contributed by atoms with van der Waals surface area (Å²) >= 11 is 0. The van der Waals surface area contributed by atoms with Crippen molar-refractivity contribution in [1.29, 1.82) is 0 Å². The fourth-order valence-corrected chi connectivity index (χ4v) is 1.84. The summed E-state index contributed by atoms with van der Waals surface area (Å²) in [5.74, 6) is 0.642. The standard InChI is InChI=1S/C10H21NO2/c1-8(2)11-10(6-12)5-9-3-4-13-7-9/h8-12H,3-7H2,1-2H3. The molecule has 1 aliphatic rings. The third-order valence-electron chi connectivity index (χ3n) is 2.43. The van der Waals surface area contributed by atoms with Crippen LogP contribution in [0.15, 0.2) is 0 Å². The van der Waals surface area contributed by atoms with Crippen LogP contribution in [0.25, 0.3) is 0 Å². The molecule has 3 nitrogen and oxygen atoms in total. The Labute approximate surface area is 80.5 Å². The molecule has 0 amide bonds. The minimum absolute atomic E-state index is 0.231. The van der Waals surface area contributed by atoms with Crippen molar-refractivity contribution in [3.63, 3.8) is 0 Å². The fraction of sp³-hybridized carbons (Fsp3) is 1.00. The third-order valence-corrected chi connectivity index (χ3v) is 2.43. The summed E-state index contributed by atoms with van der Waals surface area (Å²) in [6, 6.07) is 0.686. The molecule has 0 spiro atoms. The Morgan fingerprint density at radius 2 is 2.31 bits per heavy atom. The summed E-state index contributed by atoms with van der Waals surface area (Å²) in [6.45, 7) is 6.21. The second kappa shape index (κ2) is 5.58. The highest BCUT2D eigenvalue weighted by Crippen LogP contribution is 2.18. The van der Waals surface area contributed by atoms with E-state index in [1.807, 2.05) is 0 Å². The first-order valence-electron chi connectivity index (χ1n) is 5.17. The van der Waals surface area contributed by atoms with Crippen molar-refractivity contribution in [2.45, 2.75) is 38.8 Å². The Morgan fingerprint density at radius 1 is 1.54 bits per heavy atom. The predicted molar refractivity (Wildman–Crippen MR) is 52.7 cm³/mol. The summed E-state index contributed by atoms with van der Waals surface area (Å²) in [5, 5.41) is 12.5. The zero-order valence-corrected chi connectivity index (χ0v) is 8.62. The lowest BCUT2D eigenvalue weighted by Crippen LogP contribution is -2.38. The van der Waals surface area contributed by atoms with Gasteiger partial charge >= 0.3 is 0 Å². The Balaban J connectivity index is 2.21. The molecular weight excluding hydrogens is 166 g/mol. The molecule has 2 unspecified atom stereocenters. The van der Waals surface area contributed by atoms with Crippen LogP contribution < -0.4 is 5.32 Å². The van der Waals surface area contributed by atoms with Gasteiger partial charge in [0.05, 0.1) is 6.61 Å². The molecule has 1 fully saturated rings. The largest absolute Gasteiger partial charge is 0.395 e. The van der Waals surface area contributed by atoms with Crippen LogP contribution in [0.1, 0.15) is 26.7 Å². The monoisotopic (exact) mass is 187 g/mol. The predicted octanol–water partition coefficient (Wildman–Crippen LogP) is 0.772. The van der Waals surface area contributed by atoms with Gasteiger partial charge in [0.2, 0.25) is 0 Å². The highest BCUT2D eigenvalue weighted by molar-refractivity contribution is 4.75. The van der Waals surface area contributed by atoms with Gasteiger partial charge in [0.15, 0.2) is 0 Å². The van der Waals surface area contributed by atoms with Gasteiger partial charge in [-0.2, -0.15) is 0 Å². The van der Waals surface area contributed by atoms with Crippen LogP contribution in [-0.2, 0) is 4.74 Å². The minimum atomic E-state index is 0.231. The van der Waals surface area contributed by atoms with E-state index in [1.54, 1.807) is 0 Å². The molecule has 1 aliphatic heterocycles. The zero-order chi connectivity index (χ0) is 9.68. The molecule has 0 aliphatic carbocycles. The van der Waals surface area contributed by atoms with Crippen molar-refractivity contribution in [2.75, 3.05) is 19.8 Å². The van der Waals surface area contributed by atoms with Crippen LogP contribution in [0.3, 0.4) is 0 Å². The Morgan fingerprint density at radius 3 is 2.77 bits per heavy atom. The van der Waals surface area contributed by atoms with E-state index < -0.39 is 0 Å². The van der Waals surface area contributed by atoms with Crippen LogP contribution in [0, 0.1) is 5.92 Å². The fourth-order valence-electron chi connectivity index (χ4n) is 1.84. The van der Waals surface area contributed by atoms with Crippen LogP contribution in [0.2, 0.25) is 0 Å². The lowest BCUT2D eigenvalue weighted by atomic mass is 9.99. The van der Waals surface area contributed by atoms with Gasteiger partial charge in [-0.1, -0.05) is 13.8 Å². The number of aliphatic hydroxyl groups excluding tert-OH is 1. The molecule has 2 N–H and O–H groups in total. The molecule has 1 heterocycles. The Hall–Kier alpha value is -0.120. The molecule has 0 aromatic heterocycles. The summed E-state index contributed by atoms with van der Waals surface area (Å²) < 4.78 is 5.30. The van der Waals surface area contributed by atoms with Crippen molar-refractivity contribution in [3.8, 4) is 0 Å². The van der Waals surface area contributed by atoms with Gasteiger partial charge in [-0.05, 0) is 18.8 Å². The van der Waals surface area contributed by atoms with Gasteiger partial charge in [-0.15, -0.1) is 0 Å². The van der Waals surface area contributed by atoms with Gasteiger partial charge in [0, 0.05) is 25.3 Å². The van der Waals surface area contributed by atoms with Gasteiger partial charge in [0.25, 0.3) is 0 Å². The molecule has 78 valence electrons. The van der Waals surface area contributed by atoms with Crippen molar-refractivity contribution in [3.05, 3.63) is 0 Å². The van der Waals surface area contributed by atoms with E-state index in [0.717, 1.165) is 26.1 Å². The third kappa shape index (κ3) is 4.07. The summed E-state index contributed by atoms with van der Waals surface area (Å²) in [4.78, 5) is 0. The zero-order valence-electron chi connectivity index (χ0n) is 8.62. The highest BCUT2D eigenvalue weighted by atomic mass is 16.5. The summed E-state index contributed by atoms with van der Waals surface area (Å²) in [6.07, 6.45) is 2.19. The lowest BCUT2D eigenvalue weighted by Gasteiger charge is -2.21. The van der Waals surface area contributed by atoms with E-state index in [2.05, 4.69) is 19.2 Å². The molecule has 0 aromatic rings. The summed E-state index contributed by atoms with van der Waals surface area (Å²) in [5.41, 5.74) is 0. The molecule has 1 saturated heterocycles. The average Bonchev–Trinajstić information content (AvgIpc) is 2.55. The van der Waals surface area contributed by atoms with E-state index in [4.69, 9.17) is 9.84 Å². The number of hydrogen-bond donors (Lipinski definition) is 2. The number of hydrogen-bond acceptors (Lipinski definition) is 3. The Bertz CT molecular complexity index is 133. The highest BCUT2D eigenvalue weighted by Gasteiger charge is 2.20. The molecule has 0 saturated carbocycles. The van der Waals surface area contributed by atoms with Crippen molar-refractivity contribution in [1.82, 2.24) is 5.32 Å². The number of ether oxygens (including phenoxy) is 1. The normalized spacial score (nSPS) is 25.4. The van der Waals surface area contributed by atoms with Crippen molar-refractivity contribution in [2.24, 2.45) is 5.92 Å². The first-order valence-corrected chi connectivity index (χ1v) is 5.17. The van der Waals surface area contributed by atoms with Crippen LogP contribution in [0.5, 0.6) is 0 Å². The topological polar surface area (TPSA) is 41.5 Å². The van der Waals surface area contributed by atoms with E-state index >= 15 is 0 Å². The van der Waals surface area contributed by atoms with Crippen LogP contribution >= 0.6 is 0 Å². The van der Waals surface area contributed by atoms with Crippen molar-refractivity contribution >= 4 is 0 Å². The summed E-state index contributed by atoms with van der Waals surface area (Å²) in [7, 11) is 0. The molecule has 13 heavy (non-hydrogen) atoms. The molecule has 2 atom stereocenters. The minimum Gasteiger partial charge on any atom is -0.395 e. The molecular formula is C10H21NO2. The van der Waals surface area contributed by atoms with Crippen molar-refractivity contribution < 1.29 is 9.84 Å². The smallest absolute Gasteiger partial charge is 0.0584 e. The first-order chi connectivity index (χ1) is 6.22. The first kappa shape index (κ1) is 11.0. The van der Waals surface area contributed by atoms with Crippen LogP contribution in [0.4, 0.5) is 0 Å². The van der Waals surface area contributed by atoms with E-state index in [0.29, 0.717) is 12.0 Å². The maximum Gasteiger partial charge on any atom is 0.0584 e. The van der Waals surface area contributed by atoms with Gasteiger partial charge in [-0.25, -0.2) is 0 Å². The second-order valence-corrected chi connectivity index (χ2v) is 4.17. The van der Waals surface area contributed by atoms with E-state index in [-0.39, 0.29) is 12.6 Å².